The molecule has 1 aromatic heterocycles. The lowest BCUT2D eigenvalue weighted by Gasteiger charge is -2.32. The Morgan fingerprint density at radius 2 is 1.76 bits per heavy atom. The zero-order valence-corrected chi connectivity index (χ0v) is 19.6. The monoisotopic (exact) mass is 491 g/mol. The van der Waals surface area contributed by atoms with E-state index in [2.05, 4.69) is 33.7 Å². The Labute approximate surface area is 201 Å². The maximum atomic E-state index is 12.4. The van der Waals surface area contributed by atoms with Gasteiger partial charge in [0.25, 0.3) is 11.8 Å². The average molecular weight is 492 g/mol. The smallest absolute Gasteiger partial charge is 0.351 e. The van der Waals surface area contributed by atoms with Crippen LogP contribution >= 0.6 is 11.3 Å². The van der Waals surface area contributed by atoms with Crippen LogP contribution in [-0.2, 0) is 19.1 Å². The first-order valence-corrected chi connectivity index (χ1v) is 11.9. The number of aromatic nitrogens is 1. The number of piperidine rings is 1. The first-order valence-electron chi connectivity index (χ1n) is 11.0. The number of carboxylic acid groups (broad SMARTS) is 1. The lowest BCUT2D eigenvalue weighted by atomic mass is 9.95. The zero-order chi connectivity index (χ0) is 24.7. The van der Waals surface area contributed by atoms with E-state index in [0.717, 1.165) is 38.9 Å². The van der Waals surface area contributed by atoms with Gasteiger partial charge in [-0.15, -0.1) is 11.3 Å². The summed E-state index contributed by atoms with van der Waals surface area (Å²) in [6.07, 6.45) is 3.97. The number of amides is 3. The Morgan fingerprint density at radius 3 is 2.41 bits per heavy atom. The van der Waals surface area contributed by atoms with Crippen molar-refractivity contribution in [2.75, 3.05) is 31.2 Å². The summed E-state index contributed by atoms with van der Waals surface area (Å²) in [7, 11) is 0. The number of hydrogen-bond donors (Lipinski definition) is 4. The van der Waals surface area contributed by atoms with E-state index in [1.54, 1.807) is 5.38 Å². The molecule has 3 amide bonds. The highest BCUT2D eigenvalue weighted by atomic mass is 32.1. The van der Waals surface area contributed by atoms with E-state index in [0.29, 0.717) is 30.6 Å². The molecule has 0 atom stereocenters. The van der Waals surface area contributed by atoms with Crippen molar-refractivity contribution >= 4 is 40.2 Å². The molecular weight excluding hydrogens is 462 g/mol. The minimum atomic E-state index is -1.39. The van der Waals surface area contributed by atoms with Gasteiger partial charge in [-0.3, -0.25) is 14.4 Å². The number of carbonyl (C=O) groups excluding carboxylic acids is 3. The second kappa shape index (κ2) is 11.7. The van der Waals surface area contributed by atoms with Crippen LogP contribution in [0.5, 0.6) is 0 Å². The van der Waals surface area contributed by atoms with Crippen LogP contribution in [0.25, 0.3) is 0 Å². The minimum Gasteiger partial charge on any atom is -0.477 e. The summed E-state index contributed by atoms with van der Waals surface area (Å²) >= 11 is 1.31. The van der Waals surface area contributed by atoms with Crippen LogP contribution in [-0.4, -0.2) is 66.1 Å². The van der Waals surface area contributed by atoms with Gasteiger partial charge >= 0.3 is 5.97 Å². The summed E-state index contributed by atoms with van der Waals surface area (Å²) in [5, 5.41) is 18.5. The molecule has 11 nitrogen and oxygen atoms in total. The number of thiazole rings is 1. The average Bonchev–Trinajstić information content (AvgIpc) is 3.30. The van der Waals surface area contributed by atoms with Gasteiger partial charge in [-0.25, -0.2) is 9.78 Å². The first-order chi connectivity index (χ1) is 16.2. The highest BCUT2D eigenvalue weighted by Gasteiger charge is 2.25. The van der Waals surface area contributed by atoms with Crippen molar-refractivity contribution in [1.82, 2.24) is 20.9 Å². The Bertz CT molecular complexity index is 963. The predicted molar refractivity (Wildman–Crippen MR) is 125 cm³/mol. The van der Waals surface area contributed by atoms with Crippen LogP contribution in [0.15, 0.2) is 29.9 Å². The van der Waals surface area contributed by atoms with Gasteiger partial charge < -0.3 is 30.7 Å². The van der Waals surface area contributed by atoms with E-state index >= 15 is 0 Å². The normalized spacial score (nSPS) is 17.0. The first kappa shape index (κ1) is 25.4. The standard InChI is InChI=1S/C22H29N5O6S/c1-13(19(29)24-14(2)21(31)32)23-20(30)17-12-34-22(26-17)27-7-3-16(4-8-27)25-18(28)11-15-5-9-33-10-6-15/h12,15-16H,1-11H2,(H,23,30)(H,24,29)(H,25,28)(H,31,32). The fraction of sp³-hybridized carbons (Fsp3) is 0.500. The number of aliphatic carboxylic acids is 1. The minimum absolute atomic E-state index is 0.0924. The number of rotatable bonds is 9. The molecule has 0 spiro atoms. The summed E-state index contributed by atoms with van der Waals surface area (Å²) in [5.74, 6) is -2.41. The Balaban J connectivity index is 1.43. The van der Waals surface area contributed by atoms with Crippen LogP contribution in [0.4, 0.5) is 5.13 Å². The van der Waals surface area contributed by atoms with Crippen molar-refractivity contribution < 1.29 is 29.0 Å². The van der Waals surface area contributed by atoms with Crippen LogP contribution < -0.4 is 20.9 Å². The second-order valence-electron chi connectivity index (χ2n) is 8.27. The van der Waals surface area contributed by atoms with Crippen molar-refractivity contribution in [3.05, 3.63) is 35.6 Å². The van der Waals surface area contributed by atoms with Gasteiger partial charge in [-0.2, -0.15) is 0 Å². The highest BCUT2D eigenvalue weighted by molar-refractivity contribution is 7.13. The molecule has 3 rings (SSSR count). The lowest BCUT2D eigenvalue weighted by Crippen LogP contribution is -2.45. The van der Waals surface area contributed by atoms with Gasteiger partial charge in [0.15, 0.2) is 5.13 Å². The highest BCUT2D eigenvalue weighted by Crippen LogP contribution is 2.25. The van der Waals surface area contributed by atoms with Crippen molar-refractivity contribution in [1.29, 1.82) is 0 Å². The van der Waals surface area contributed by atoms with Crippen LogP contribution in [0, 0.1) is 5.92 Å². The number of nitrogens with one attached hydrogen (secondary N) is 3. The number of anilines is 1. The molecule has 0 aliphatic carbocycles. The summed E-state index contributed by atoms with van der Waals surface area (Å²) in [5.41, 5.74) is -0.725. The number of carbonyl (C=O) groups is 4. The zero-order valence-electron chi connectivity index (χ0n) is 18.8. The van der Waals surface area contributed by atoms with Crippen molar-refractivity contribution in [2.24, 2.45) is 5.92 Å². The summed E-state index contributed by atoms with van der Waals surface area (Å²) in [4.78, 5) is 53.8. The molecule has 184 valence electrons. The summed E-state index contributed by atoms with van der Waals surface area (Å²) in [6, 6.07) is 0.119. The Morgan fingerprint density at radius 1 is 1.09 bits per heavy atom. The largest absolute Gasteiger partial charge is 0.477 e. The van der Waals surface area contributed by atoms with Crippen LogP contribution in [0.2, 0.25) is 0 Å². The van der Waals surface area contributed by atoms with Gasteiger partial charge in [0.05, 0.1) is 5.70 Å². The Hall–Kier alpha value is -3.25. The third-order valence-corrected chi connectivity index (χ3v) is 6.63. The molecule has 0 unspecified atom stereocenters. The van der Waals surface area contributed by atoms with E-state index in [9.17, 15) is 19.2 Å². The molecule has 2 aliphatic rings. The molecule has 12 heteroatoms. The SMILES string of the molecule is C=C(NC(=O)C(=C)NC(=O)c1csc(N2CCC(NC(=O)CC3CCOCC3)CC2)n1)C(=O)O. The molecule has 2 saturated heterocycles. The van der Waals surface area contributed by atoms with Gasteiger partial charge in [-0.1, -0.05) is 13.2 Å². The Kier molecular flexibility index (Phi) is 8.77. The molecule has 2 aliphatic heterocycles. The van der Waals surface area contributed by atoms with Gasteiger partial charge in [0.1, 0.15) is 11.4 Å². The number of carboxylic acids is 1. The third kappa shape index (κ3) is 7.12. The molecule has 3 heterocycles. The van der Waals surface area contributed by atoms with Crippen LogP contribution in [0.1, 0.15) is 42.6 Å². The summed E-state index contributed by atoms with van der Waals surface area (Å²) in [6.45, 7) is 9.48. The fourth-order valence-corrected chi connectivity index (χ4v) is 4.61. The summed E-state index contributed by atoms with van der Waals surface area (Å²) < 4.78 is 5.34. The quantitative estimate of drug-likeness (QED) is 0.374. The third-order valence-electron chi connectivity index (χ3n) is 5.73. The van der Waals surface area contributed by atoms with Crippen molar-refractivity contribution in [3.8, 4) is 0 Å². The maximum absolute atomic E-state index is 12.4. The molecule has 4 N–H and O–H groups in total. The maximum Gasteiger partial charge on any atom is 0.351 e. The van der Waals surface area contributed by atoms with Gasteiger partial charge in [-0.05, 0) is 31.6 Å². The number of hydrogen-bond acceptors (Lipinski definition) is 8. The molecule has 0 radical (unpaired) electrons. The number of ether oxygens (including phenoxy) is 1. The van der Waals surface area contributed by atoms with Crippen molar-refractivity contribution in [2.45, 2.75) is 38.1 Å². The fourth-order valence-electron chi connectivity index (χ4n) is 3.75. The van der Waals surface area contributed by atoms with Crippen LogP contribution in [0.3, 0.4) is 0 Å². The van der Waals surface area contributed by atoms with E-state index in [-0.39, 0.29) is 23.3 Å². The number of nitrogens with zero attached hydrogens (tertiary/aromatic N) is 2. The molecule has 34 heavy (non-hydrogen) atoms. The topological polar surface area (TPSA) is 150 Å². The molecule has 0 saturated carbocycles. The van der Waals surface area contributed by atoms with E-state index < -0.39 is 23.5 Å². The molecular formula is C22H29N5O6S. The second-order valence-corrected chi connectivity index (χ2v) is 9.11. The van der Waals surface area contributed by atoms with Gasteiger partial charge in [0.2, 0.25) is 5.91 Å². The predicted octanol–water partition coefficient (Wildman–Crippen LogP) is 1.00. The molecule has 1 aromatic rings. The lowest BCUT2D eigenvalue weighted by molar-refractivity contribution is -0.134. The molecule has 0 bridgehead atoms. The molecule has 0 aromatic carbocycles. The van der Waals surface area contributed by atoms with E-state index in [1.807, 2.05) is 5.32 Å². The van der Waals surface area contributed by atoms with E-state index in [4.69, 9.17) is 9.84 Å². The van der Waals surface area contributed by atoms with E-state index in [1.165, 1.54) is 11.3 Å². The van der Waals surface area contributed by atoms with Crippen molar-refractivity contribution in [3.63, 3.8) is 0 Å². The molecule has 2 fully saturated rings. The van der Waals surface area contributed by atoms with Gasteiger partial charge in [0, 0.05) is 44.1 Å².